The van der Waals surface area contributed by atoms with Crippen molar-refractivity contribution >= 4 is 5.96 Å². The Balaban J connectivity index is 1.90. The van der Waals surface area contributed by atoms with Crippen molar-refractivity contribution in [3.05, 3.63) is 48.0 Å². The summed E-state index contributed by atoms with van der Waals surface area (Å²) in [6.45, 7) is 0. The molecule has 3 rings (SSSR count). The van der Waals surface area contributed by atoms with E-state index in [1.807, 2.05) is 31.4 Å². The molecule has 5 heteroatoms. The first-order chi connectivity index (χ1) is 10.6. The van der Waals surface area contributed by atoms with E-state index in [0.717, 1.165) is 24.8 Å². The summed E-state index contributed by atoms with van der Waals surface area (Å²) >= 11 is 0. The zero-order valence-corrected chi connectivity index (χ0v) is 13.0. The molecular formula is C17H21N5. The van der Waals surface area contributed by atoms with Crippen molar-refractivity contribution in [3.8, 4) is 11.1 Å². The summed E-state index contributed by atoms with van der Waals surface area (Å²) < 4.78 is 0. The number of nitrogens with two attached hydrogens (primary N) is 1. The summed E-state index contributed by atoms with van der Waals surface area (Å²) in [4.78, 5) is 14.7. The Hall–Kier alpha value is -2.43. The SMILES string of the molecule is CN(C)C(N)=NC1CCc2c(cccc2-c2cncnc2)C1. The van der Waals surface area contributed by atoms with Gasteiger partial charge in [-0.2, -0.15) is 0 Å². The molecule has 1 heterocycles. The maximum absolute atomic E-state index is 5.95. The summed E-state index contributed by atoms with van der Waals surface area (Å²) in [5, 5.41) is 0. The average molecular weight is 295 g/mol. The third-order valence-electron chi connectivity index (χ3n) is 4.10. The fraction of sp³-hybridized carbons (Fsp3) is 0.353. The molecule has 0 aliphatic heterocycles. The third-order valence-corrected chi connectivity index (χ3v) is 4.10. The van der Waals surface area contributed by atoms with E-state index in [9.17, 15) is 0 Å². The lowest BCUT2D eigenvalue weighted by molar-refractivity contribution is 0.549. The van der Waals surface area contributed by atoms with Gasteiger partial charge in [0.15, 0.2) is 5.96 Å². The van der Waals surface area contributed by atoms with Crippen LogP contribution in [0.1, 0.15) is 17.5 Å². The largest absolute Gasteiger partial charge is 0.370 e. The van der Waals surface area contributed by atoms with E-state index in [0.29, 0.717) is 5.96 Å². The van der Waals surface area contributed by atoms with Crippen molar-refractivity contribution in [1.29, 1.82) is 0 Å². The van der Waals surface area contributed by atoms with Gasteiger partial charge in [-0.05, 0) is 36.0 Å². The molecule has 5 nitrogen and oxygen atoms in total. The van der Waals surface area contributed by atoms with E-state index in [1.165, 1.54) is 16.7 Å². The Morgan fingerprint density at radius 3 is 2.77 bits per heavy atom. The van der Waals surface area contributed by atoms with Crippen LogP contribution in [0.15, 0.2) is 41.9 Å². The number of rotatable bonds is 2. The number of hydrogen-bond acceptors (Lipinski definition) is 3. The van der Waals surface area contributed by atoms with Crippen molar-refractivity contribution in [3.63, 3.8) is 0 Å². The molecule has 1 atom stereocenters. The molecular weight excluding hydrogens is 274 g/mol. The predicted molar refractivity (Wildman–Crippen MR) is 88.6 cm³/mol. The number of hydrogen-bond donors (Lipinski definition) is 1. The van der Waals surface area contributed by atoms with E-state index in [2.05, 4.69) is 33.2 Å². The van der Waals surface area contributed by atoms with Crippen LogP contribution in [0.2, 0.25) is 0 Å². The van der Waals surface area contributed by atoms with E-state index >= 15 is 0 Å². The maximum Gasteiger partial charge on any atom is 0.191 e. The minimum absolute atomic E-state index is 0.261. The molecule has 0 radical (unpaired) electrons. The number of benzene rings is 1. The van der Waals surface area contributed by atoms with Crippen LogP contribution in [0.4, 0.5) is 0 Å². The lowest BCUT2D eigenvalue weighted by atomic mass is 9.84. The van der Waals surface area contributed by atoms with Crippen LogP contribution in [0.5, 0.6) is 0 Å². The molecule has 0 amide bonds. The van der Waals surface area contributed by atoms with E-state index in [1.54, 1.807) is 6.33 Å². The summed E-state index contributed by atoms with van der Waals surface area (Å²) in [5.41, 5.74) is 11.0. The number of aliphatic imine (C=N–C) groups is 1. The van der Waals surface area contributed by atoms with Gasteiger partial charge in [0.05, 0.1) is 6.04 Å². The fourth-order valence-corrected chi connectivity index (χ4v) is 2.91. The molecule has 1 unspecified atom stereocenters. The molecule has 22 heavy (non-hydrogen) atoms. The summed E-state index contributed by atoms with van der Waals surface area (Å²) in [6, 6.07) is 6.70. The lowest BCUT2D eigenvalue weighted by Crippen LogP contribution is -2.33. The minimum Gasteiger partial charge on any atom is -0.370 e. The standard InChI is InChI=1S/C17H21N5/c1-22(2)17(18)21-14-6-7-16-12(8-14)4-3-5-15(16)13-9-19-11-20-10-13/h3-5,9-11,14H,6-8H2,1-2H3,(H2,18,21). The molecule has 2 aromatic rings. The van der Waals surface area contributed by atoms with Gasteiger partial charge in [-0.1, -0.05) is 18.2 Å². The van der Waals surface area contributed by atoms with Crippen LogP contribution >= 0.6 is 0 Å². The van der Waals surface area contributed by atoms with E-state index in [4.69, 9.17) is 5.73 Å². The van der Waals surface area contributed by atoms with Gasteiger partial charge in [-0.25, -0.2) is 15.0 Å². The summed E-state index contributed by atoms with van der Waals surface area (Å²) in [6.07, 6.45) is 8.27. The second-order valence-electron chi connectivity index (χ2n) is 5.85. The van der Waals surface area contributed by atoms with Crippen LogP contribution in [-0.2, 0) is 12.8 Å². The normalized spacial score (nSPS) is 17.9. The molecule has 1 aliphatic rings. The summed E-state index contributed by atoms with van der Waals surface area (Å²) in [7, 11) is 3.84. The Morgan fingerprint density at radius 2 is 2.05 bits per heavy atom. The van der Waals surface area contributed by atoms with Gasteiger partial charge < -0.3 is 10.6 Å². The fourth-order valence-electron chi connectivity index (χ4n) is 2.91. The van der Waals surface area contributed by atoms with Gasteiger partial charge in [0.25, 0.3) is 0 Å². The highest BCUT2D eigenvalue weighted by atomic mass is 15.2. The molecule has 0 fully saturated rings. The Kier molecular flexibility index (Phi) is 4.04. The first-order valence-corrected chi connectivity index (χ1v) is 7.52. The van der Waals surface area contributed by atoms with Gasteiger partial charge in [0.2, 0.25) is 0 Å². The Morgan fingerprint density at radius 1 is 1.27 bits per heavy atom. The van der Waals surface area contributed by atoms with E-state index in [-0.39, 0.29) is 6.04 Å². The van der Waals surface area contributed by atoms with Gasteiger partial charge in [-0.3, -0.25) is 0 Å². The number of guanidine groups is 1. The third kappa shape index (κ3) is 2.93. The van der Waals surface area contributed by atoms with Crippen LogP contribution in [0, 0.1) is 0 Å². The van der Waals surface area contributed by atoms with Crippen molar-refractivity contribution in [1.82, 2.24) is 14.9 Å². The lowest BCUT2D eigenvalue weighted by Gasteiger charge is -2.25. The zero-order valence-electron chi connectivity index (χ0n) is 13.0. The van der Waals surface area contributed by atoms with Gasteiger partial charge in [0.1, 0.15) is 6.33 Å². The first-order valence-electron chi connectivity index (χ1n) is 7.52. The highest BCUT2D eigenvalue weighted by Crippen LogP contribution is 2.31. The number of fused-ring (bicyclic) bond motifs is 1. The van der Waals surface area contributed by atoms with Gasteiger partial charge >= 0.3 is 0 Å². The van der Waals surface area contributed by atoms with Crippen molar-refractivity contribution in [2.75, 3.05) is 14.1 Å². The predicted octanol–water partition coefficient (Wildman–Crippen LogP) is 1.88. The van der Waals surface area contributed by atoms with Crippen LogP contribution < -0.4 is 5.73 Å². The molecule has 0 spiro atoms. The molecule has 2 N–H and O–H groups in total. The topological polar surface area (TPSA) is 67.4 Å². The van der Waals surface area contributed by atoms with Crippen molar-refractivity contribution in [2.24, 2.45) is 10.7 Å². The second kappa shape index (κ2) is 6.13. The van der Waals surface area contributed by atoms with Crippen molar-refractivity contribution < 1.29 is 0 Å². The van der Waals surface area contributed by atoms with E-state index < -0.39 is 0 Å². The monoisotopic (exact) mass is 295 g/mol. The minimum atomic E-state index is 0.261. The second-order valence-corrected chi connectivity index (χ2v) is 5.85. The van der Waals surface area contributed by atoms with Crippen molar-refractivity contribution in [2.45, 2.75) is 25.3 Å². The highest BCUT2D eigenvalue weighted by molar-refractivity contribution is 5.77. The number of aromatic nitrogens is 2. The molecule has 0 saturated carbocycles. The van der Waals surface area contributed by atoms with Gasteiger partial charge in [-0.15, -0.1) is 0 Å². The average Bonchev–Trinajstić information content (AvgIpc) is 2.54. The molecule has 0 saturated heterocycles. The molecule has 1 aliphatic carbocycles. The maximum atomic E-state index is 5.95. The Labute approximate surface area is 130 Å². The van der Waals surface area contributed by atoms with Crippen LogP contribution in [-0.4, -0.2) is 41.0 Å². The zero-order chi connectivity index (χ0) is 15.5. The summed E-state index contributed by atoms with van der Waals surface area (Å²) in [5.74, 6) is 0.598. The highest BCUT2D eigenvalue weighted by Gasteiger charge is 2.21. The Bertz CT molecular complexity index is 679. The first kappa shape index (κ1) is 14.5. The molecule has 1 aromatic heterocycles. The molecule has 0 bridgehead atoms. The smallest absolute Gasteiger partial charge is 0.191 e. The molecule has 114 valence electrons. The van der Waals surface area contributed by atoms with Crippen LogP contribution in [0.25, 0.3) is 11.1 Å². The quantitative estimate of drug-likeness (QED) is 0.678. The van der Waals surface area contributed by atoms with Crippen LogP contribution in [0.3, 0.4) is 0 Å². The number of nitrogens with zero attached hydrogens (tertiary/aromatic N) is 4. The van der Waals surface area contributed by atoms with Gasteiger partial charge in [0, 0.05) is 32.1 Å². The molecule has 1 aromatic carbocycles.